The van der Waals surface area contributed by atoms with Gasteiger partial charge in [-0.1, -0.05) is 22.9 Å². The monoisotopic (exact) mass is 397 g/mol. The van der Waals surface area contributed by atoms with E-state index in [0.29, 0.717) is 21.8 Å². The van der Waals surface area contributed by atoms with Crippen LogP contribution in [0.4, 0.5) is 5.69 Å². The van der Waals surface area contributed by atoms with Crippen LogP contribution in [-0.2, 0) is 16.6 Å². The van der Waals surface area contributed by atoms with E-state index >= 15 is 0 Å². The number of rotatable bonds is 2. The lowest BCUT2D eigenvalue weighted by Crippen LogP contribution is -2.54. The van der Waals surface area contributed by atoms with Crippen LogP contribution in [0.15, 0.2) is 48.0 Å². The molecule has 3 aromatic rings. The van der Waals surface area contributed by atoms with Crippen LogP contribution >= 0.6 is 23.8 Å². The highest BCUT2D eigenvalue weighted by atomic mass is 35.5. The standard InChI is InChI=1S/C18H12ClN5O2S/c1-23-15-7-2-10(9-14(15)21-22-23)8-13-16(25)20-18(27)24(17(13)26)12-5-3-11(19)4-6-12/h2-9H,1H3,(H,20,25,27)/b13-8+. The van der Waals surface area contributed by atoms with Gasteiger partial charge in [-0.05, 0) is 60.3 Å². The Labute approximate surface area is 164 Å². The minimum absolute atomic E-state index is 0.0221. The van der Waals surface area contributed by atoms with Gasteiger partial charge in [0, 0.05) is 12.1 Å². The van der Waals surface area contributed by atoms with Crippen molar-refractivity contribution in [3.63, 3.8) is 0 Å². The third-order valence-electron chi connectivity index (χ3n) is 4.13. The van der Waals surface area contributed by atoms with Crippen LogP contribution in [0.3, 0.4) is 0 Å². The average Bonchev–Trinajstić information content (AvgIpc) is 3.00. The third-order valence-corrected chi connectivity index (χ3v) is 4.67. The Morgan fingerprint density at radius 2 is 1.89 bits per heavy atom. The Morgan fingerprint density at radius 3 is 2.63 bits per heavy atom. The molecule has 2 aromatic carbocycles. The Kier molecular flexibility index (Phi) is 4.21. The number of nitrogens with one attached hydrogen (secondary N) is 1. The highest BCUT2D eigenvalue weighted by Crippen LogP contribution is 2.24. The van der Waals surface area contributed by atoms with Crippen LogP contribution in [0, 0.1) is 0 Å². The zero-order valence-electron chi connectivity index (χ0n) is 14.0. The van der Waals surface area contributed by atoms with Crippen LogP contribution in [0.2, 0.25) is 5.02 Å². The van der Waals surface area contributed by atoms with Crippen molar-refractivity contribution < 1.29 is 9.59 Å². The second kappa shape index (κ2) is 6.57. The number of aromatic nitrogens is 3. The van der Waals surface area contributed by atoms with E-state index in [1.165, 1.54) is 11.0 Å². The van der Waals surface area contributed by atoms with E-state index in [4.69, 9.17) is 23.8 Å². The van der Waals surface area contributed by atoms with Crippen LogP contribution in [0.25, 0.3) is 17.1 Å². The second-order valence-corrected chi connectivity index (χ2v) is 6.72. The molecule has 0 unspecified atom stereocenters. The molecule has 4 rings (SSSR count). The van der Waals surface area contributed by atoms with Gasteiger partial charge in [0.25, 0.3) is 11.8 Å². The number of benzene rings is 2. The van der Waals surface area contributed by atoms with Crippen molar-refractivity contribution in [1.82, 2.24) is 20.3 Å². The van der Waals surface area contributed by atoms with Gasteiger partial charge in [0.1, 0.15) is 11.1 Å². The van der Waals surface area contributed by atoms with Crippen molar-refractivity contribution in [3.05, 3.63) is 58.6 Å². The molecule has 2 amide bonds. The number of hydrogen-bond donors (Lipinski definition) is 1. The number of carbonyl (C=O) groups is 2. The highest BCUT2D eigenvalue weighted by Gasteiger charge is 2.34. The number of fused-ring (bicyclic) bond motifs is 1. The fourth-order valence-corrected chi connectivity index (χ4v) is 3.20. The van der Waals surface area contributed by atoms with Crippen molar-refractivity contribution in [1.29, 1.82) is 0 Å². The second-order valence-electron chi connectivity index (χ2n) is 5.90. The molecule has 0 bridgehead atoms. The first-order valence-corrected chi connectivity index (χ1v) is 8.69. The molecule has 27 heavy (non-hydrogen) atoms. The van der Waals surface area contributed by atoms with Gasteiger partial charge in [-0.3, -0.25) is 19.8 Å². The van der Waals surface area contributed by atoms with Gasteiger partial charge in [0.05, 0.1) is 11.2 Å². The van der Waals surface area contributed by atoms with Crippen molar-refractivity contribution >= 4 is 63.5 Å². The van der Waals surface area contributed by atoms with Gasteiger partial charge < -0.3 is 0 Å². The Morgan fingerprint density at radius 1 is 1.15 bits per heavy atom. The maximum absolute atomic E-state index is 12.9. The topological polar surface area (TPSA) is 80.1 Å². The number of anilines is 1. The summed E-state index contributed by atoms with van der Waals surface area (Å²) in [6.07, 6.45) is 1.51. The van der Waals surface area contributed by atoms with Crippen molar-refractivity contribution in [2.24, 2.45) is 7.05 Å². The maximum atomic E-state index is 12.9. The average molecular weight is 398 g/mol. The van der Waals surface area contributed by atoms with Crippen molar-refractivity contribution in [2.75, 3.05) is 4.90 Å². The Balaban J connectivity index is 1.74. The van der Waals surface area contributed by atoms with E-state index in [-0.39, 0.29) is 10.7 Å². The summed E-state index contributed by atoms with van der Waals surface area (Å²) in [5.74, 6) is -1.06. The molecule has 0 radical (unpaired) electrons. The van der Waals surface area contributed by atoms with Crippen LogP contribution in [0.1, 0.15) is 5.56 Å². The number of amides is 2. The summed E-state index contributed by atoms with van der Waals surface area (Å²) in [5.41, 5.74) is 2.66. The Bertz CT molecular complexity index is 1140. The predicted octanol–water partition coefficient (Wildman–Crippen LogP) is 2.45. The molecule has 134 valence electrons. The molecule has 1 N–H and O–H groups in total. The Hall–Kier alpha value is -3.10. The summed E-state index contributed by atoms with van der Waals surface area (Å²) < 4.78 is 1.64. The van der Waals surface area contributed by atoms with E-state index in [1.807, 2.05) is 6.07 Å². The number of hydrogen-bond acceptors (Lipinski definition) is 5. The van der Waals surface area contributed by atoms with Gasteiger partial charge in [0.2, 0.25) is 0 Å². The predicted molar refractivity (Wildman–Crippen MR) is 106 cm³/mol. The molecular weight excluding hydrogens is 386 g/mol. The molecule has 0 aliphatic carbocycles. The zero-order chi connectivity index (χ0) is 19.1. The summed E-state index contributed by atoms with van der Waals surface area (Å²) in [7, 11) is 1.79. The van der Waals surface area contributed by atoms with E-state index in [1.54, 1.807) is 48.1 Å². The minimum Gasteiger partial charge on any atom is -0.298 e. The highest BCUT2D eigenvalue weighted by molar-refractivity contribution is 7.80. The summed E-state index contributed by atoms with van der Waals surface area (Å²) >= 11 is 11.1. The van der Waals surface area contributed by atoms with E-state index in [0.717, 1.165) is 5.52 Å². The number of nitrogens with zero attached hydrogens (tertiary/aromatic N) is 4. The lowest BCUT2D eigenvalue weighted by atomic mass is 10.1. The minimum atomic E-state index is -0.547. The van der Waals surface area contributed by atoms with Gasteiger partial charge in [0.15, 0.2) is 5.11 Å². The molecule has 1 aliphatic heterocycles. The molecule has 9 heteroatoms. The first kappa shape index (κ1) is 17.3. The number of carbonyl (C=O) groups excluding carboxylic acids is 2. The van der Waals surface area contributed by atoms with Gasteiger partial charge in [-0.25, -0.2) is 4.68 Å². The van der Waals surface area contributed by atoms with Crippen LogP contribution in [0.5, 0.6) is 0 Å². The molecule has 1 fully saturated rings. The molecule has 1 aliphatic rings. The molecule has 2 heterocycles. The van der Waals surface area contributed by atoms with E-state index in [2.05, 4.69) is 15.6 Å². The summed E-state index contributed by atoms with van der Waals surface area (Å²) in [4.78, 5) is 26.6. The fourth-order valence-electron chi connectivity index (χ4n) is 2.80. The molecule has 7 nitrogen and oxygen atoms in total. The lowest BCUT2D eigenvalue weighted by molar-refractivity contribution is -0.122. The molecule has 0 atom stereocenters. The van der Waals surface area contributed by atoms with Crippen molar-refractivity contribution in [3.8, 4) is 0 Å². The lowest BCUT2D eigenvalue weighted by Gasteiger charge is -2.28. The first-order chi connectivity index (χ1) is 12.9. The van der Waals surface area contributed by atoms with Crippen LogP contribution in [-0.4, -0.2) is 31.9 Å². The van der Waals surface area contributed by atoms with Crippen molar-refractivity contribution in [2.45, 2.75) is 0 Å². The summed E-state index contributed by atoms with van der Waals surface area (Å²) in [6, 6.07) is 12.0. The molecule has 0 spiro atoms. The van der Waals surface area contributed by atoms with Gasteiger partial charge >= 0.3 is 0 Å². The maximum Gasteiger partial charge on any atom is 0.270 e. The van der Waals surface area contributed by atoms with Gasteiger partial charge in [-0.15, -0.1) is 5.10 Å². The number of halogens is 1. The summed E-state index contributed by atoms with van der Waals surface area (Å²) in [5, 5.41) is 11.1. The SMILES string of the molecule is Cn1nnc2cc(/C=C3\C(=O)NC(=S)N(c4ccc(Cl)cc4)C3=O)ccc21. The number of aryl methyl sites for hydroxylation is 1. The molecule has 0 saturated carbocycles. The van der Waals surface area contributed by atoms with E-state index in [9.17, 15) is 9.59 Å². The smallest absolute Gasteiger partial charge is 0.270 e. The zero-order valence-corrected chi connectivity index (χ0v) is 15.6. The number of thiocarbonyl (C=S) groups is 1. The molecular formula is C18H12ClN5O2S. The quantitative estimate of drug-likeness (QED) is 0.408. The third kappa shape index (κ3) is 3.09. The largest absolute Gasteiger partial charge is 0.298 e. The fraction of sp³-hybridized carbons (Fsp3) is 0.0556. The van der Waals surface area contributed by atoms with E-state index < -0.39 is 11.8 Å². The summed E-state index contributed by atoms with van der Waals surface area (Å²) in [6.45, 7) is 0. The molecule has 1 saturated heterocycles. The first-order valence-electron chi connectivity index (χ1n) is 7.90. The molecule has 1 aromatic heterocycles. The normalized spacial score (nSPS) is 16.3. The van der Waals surface area contributed by atoms with Gasteiger partial charge in [-0.2, -0.15) is 0 Å². The van der Waals surface area contributed by atoms with Crippen LogP contribution < -0.4 is 10.2 Å².